The molecule has 0 unspecified atom stereocenters. The fraction of sp³-hybridized carbons (Fsp3) is 0.739. The number of hydrogen-bond acceptors (Lipinski definition) is 5. The smallest absolute Gasteiger partial charge is 0.375 e. The summed E-state index contributed by atoms with van der Waals surface area (Å²) in [6.45, 7) is 4.66. The third kappa shape index (κ3) is 9.65. The van der Waals surface area contributed by atoms with Crippen molar-refractivity contribution < 1.29 is 24.5 Å². The van der Waals surface area contributed by atoms with Gasteiger partial charge in [0.2, 0.25) is 5.78 Å². The Morgan fingerprint density at radius 3 is 2.25 bits per heavy atom. The van der Waals surface area contributed by atoms with Crippen molar-refractivity contribution in [1.82, 2.24) is 0 Å². The number of unbranched alkanes of at least 4 members (excludes halogenated alkanes) is 4. The van der Waals surface area contributed by atoms with Crippen LogP contribution in [-0.2, 0) is 14.3 Å². The van der Waals surface area contributed by atoms with Gasteiger partial charge >= 0.3 is 5.97 Å². The number of allylic oxidation sites excluding steroid dienone is 2. The predicted octanol–water partition coefficient (Wildman–Crippen LogP) is 4.27. The maximum absolute atomic E-state index is 12.3. The van der Waals surface area contributed by atoms with E-state index in [-0.39, 0.29) is 25.0 Å². The molecule has 160 valence electrons. The summed E-state index contributed by atoms with van der Waals surface area (Å²) < 4.78 is 5.75. The first kappa shape index (κ1) is 24.6. The van der Waals surface area contributed by atoms with Crippen molar-refractivity contribution in [2.45, 2.75) is 90.1 Å². The van der Waals surface area contributed by atoms with Gasteiger partial charge in [0.25, 0.3) is 0 Å². The number of ketones is 1. The van der Waals surface area contributed by atoms with E-state index in [9.17, 15) is 9.59 Å². The van der Waals surface area contributed by atoms with Crippen molar-refractivity contribution in [2.24, 2.45) is 5.41 Å². The minimum Gasteiger partial charge on any atom is -0.449 e. The molecule has 1 aliphatic carbocycles. The van der Waals surface area contributed by atoms with Crippen LogP contribution in [0.5, 0.6) is 0 Å². The molecule has 0 heterocycles. The van der Waals surface area contributed by atoms with Crippen molar-refractivity contribution in [3.63, 3.8) is 0 Å². The fourth-order valence-electron chi connectivity index (χ4n) is 3.69. The molecule has 1 saturated carbocycles. The Morgan fingerprint density at radius 1 is 0.893 bits per heavy atom. The highest BCUT2D eigenvalue weighted by Crippen LogP contribution is 2.46. The van der Waals surface area contributed by atoms with Gasteiger partial charge in [-0.2, -0.15) is 0 Å². The van der Waals surface area contributed by atoms with Gasteiger partial charge in [0.1, 0.15) is 5.60 Å². The number of ether oxygens (including phenoxy) is 1. The lowest BCUT2D eigenvalue weighted by molar-refractivity contribution is -0.162. The van der Waals surface area contributed by atoms with Gasteiger partial charge in [-0.15, -0.1) is 0 Å². The Balaban J connectivity index is 2.57. The molecule has 5 heteroatoms. The maximum Gasteiger partial charge on any atom is 0.375 e. The molecule has 2 N–H and O–H groups in total. The summed E-state index contributed by atoms with van der Waals surface area (Å²) in [5.74, 6) is -1.23. The Morgan fingerprint density at radius 2 is 1.61 bits per heavy atom. The van der Waals surface area contributed by atoms with Gasteiger partial charge in [0, 0.05) is 19.6 Å². The van der Waals surface area contributed by atoms with Crippen LogP contribution in [0.1, 0.15) is 84.5 Å². The number of Topliss-reactive ketones (excluding diaryl/α,β-unsaturated/α-hetero) is 1. The van der Waals surface area contributed by atoms with Gasteiger partial charge in [-0.05, 0) is 62.9 Å². The minimum absolute atomic E-state index is 0.0819. The van der Waals surface area contributed by atoms with Gasteiger partial charge < -0.3 is 14.9 Å². The van der Waals surface area contributed by atoms with E-state index in [2.05, 4.69) is 19.9 Å². The second-order valence-corrected chi connectivity index (χ2v) is 8.57. The number of aliphatic hydroxyl groups is 2. The summed E-state index contributed by atoms with van der Waals surface area (Å²) in [6.07, 6.45) is 16.2. The van der Waals surface area contributed by atoms with Crippen LogP contribution in [0.15, 0.2) is 24.3 Å². The van der Waals surface area contributed by atoms with E-state index >= 15 is 0 Å². The largest absolute Gasteiger partial charge is 0.449 e. The summed E-state index contributed by atoms with van der Waals surface area (Å²) in [5, 5.41) is 17.5. The number of carbonyl (C=O) groups excluding carboxylic acids is 2. The zero-order chi connectivity index (χ0) is 20.9. The van der Waals surface area contributed by atoms with Gasteiger partial charge in [-0.1, -0.05) is 44.9 Å². The van der Waals surface area contributed by atoms with Crippen LogP contribution in [0, 0.1) is 5.41 Å². The average molecular weight is 395 g/mol. The van der Waals surface area contributed by atoms with Gasteiger partial charge in [0.05, 0.1) is 0 Å². The highest BCUT2D eigenvalue weighted by Gasteiger charge is 2.45. The Labute approximate surface area is 169 Å². The average Bonchev–Trinajstić information content (AvgIpc) is 2.95. The molecule has 0 aliphatic heterocycles. The van der Waals surface area contributed by atoms with E-state index in [1.165, 1.54) is 0 Å². The number of aliphatic hydroxyl groups excluding tert-OH is 2. The Bertz CT molecular complexity index is 535. The van der Waals surface area contributed by atoms with Crippen LogP contribution in [0.4, 0.5) is 0 Å². The quantitative estimate of drug-likeness (QED) is 0.199. The molecule has 0 radical (unpaired) electrons. The fourth-order valence-corrected chi connectivity index (χ4v) is 3.69. The Hall–Kier alpha value is -1.46. The lowest BCUT2D eigenvalue weighted by atomic mass is 9.88. The minimum atomic E-state index is -0.735. The molecule has 0 aromatic carbocycles. The molecule has 0 aromatic heterocycles. The van der Waals surface area contributed by atoms with E-state index in [0.29, 0.717) is 12.8 Å². The molecule has 1 fully saturated rings. The molecule has 0 saturated heterocycles. The van der Waals surface area contributed by atoms with Crippen molar-refractivity contribution in [3.05, 3.63) is 24.3 Å². The van der Waals surface area contributed by atoms with E-state index in [0.717, 1.165) is 51.4 Å². The van der Waals surface area contributed by atoms with Crippen molar-refractivity contribution in [3.8, 4) is 0 Å². The highest BCUT2D eigenvalue weighted by atomic mass is 16.6. The van der Waals surface area contributed by atoms with Crippen molar-refractivity contribution >= 4 is 11.8 Å². The molecule has 1 rings (SSSR count). The van der Waals surface area contributed by atoms with Crippen LogP contribution in [0.25, 0.3) is 0 Å². The second kappa shape index (κ2) is 12.9. The third-order valence-electron chi connectivity index (χ3n) is 5.23. The normalized spacial score (nSPS) is 21.6. The zero-order valence-electron chi connectivity index (χ0n) is 17.6. The molecule has 0 bridgehead atoms. The maximum atomic E-state index is 12.3. The van der Waals surface area contributed by atoms with Gasteiger partial charge in [0.15, 0.2) is 0 Å². The van der Waals surface area contributed by atoms with Crippen LogP contribution in [0.2, 0.25) is 0 Å². The summed E-state index contributed by atoms with van der Waals surface area (Å²) in [5.41, 5.74) is -0.587. The summed E-state index contributed by atoms with van der Waals surface area (Å²) in [4.78, 5) is 24.5. The first-order valence-electron chi connectivity index (χ1n) is 10.6. The summed E-state index contributed by atoms with van der Waals surface area (Å²) in [7, 11) is 0. The molecule has 1 atom stereocenters. The Kier molecular flexibility index (Phi) is 11.3. The first-order valence-corrected chi connectivity index (χ1v) is 10.6. The van der Waals surface area contributed by atoms with Crippen molar-refractivity contribution in [1.29, 1.82) is 0 Å². The molecular weight excluding hydrogens is 356 g/mol. The molecule has 0 spiro atoms. The lowest BCUT2D eigenvalue weighted by Crippen LogP contribution is -2.34. The predicted molar refractivity (Wildman–Crippen MR) is 111 cm³/mol. The second-order valence-electron chi connectivity index (χ2n) is 8.57. The number of esters is 1. The molecular formula is C23H38O5. The van der Waals surface area contributed by atoms with Crippen LogP contribution >= 0.6 is 0 Å². The standard InChI is InChI=1S/C23H38O5/c1-22(2)15-16-23(19-22,14-10-6-3-4-7-11-17-24)28-21(27)20(26)13-9-5-8-12-18-25/h5,8,10,14,24-25H,3-4,6-7,9,11-13,15-19H2,1-2H3/t23-/m0/s1. The van der Waals surface area contributed by atoms with Crippen LogP contribution in [0.3, 0.4) is 0 Å². The van der Waals surface area contributed by atoms with Crippen molar-refractivity contribution in [2.75, 3.05) is 13.2 Å². The highest BCUT2D eigenvalue weighted by molar-refractivity contribution is 6.33. The number of carbonyl (C=O) groups is 2. The van der Waals surface area contributed by atoms with E-state index in [4.69, 9.17) is 14.9 Å². The van der Waals surface area contributed by atoms with Gasteiger partial charge in [-0.25, -0.2) is 4.79 Å². The third-order valence-corrected chi connectivity index (χ3v) is 5.23. The number of hydrogen-bond donors (Lipinski definition) is 2. The summed E-state index contributed by atoms with van der Waals surface area (Å²) >= 11 is 0. The van der Waals surface area contributed by atoms with Gasteiger partial charge in [-0.3, -0.25) is 4.79 Å². The van der Waals surface area contributed by atoms with E-state index in [1.807, 2.05) is 18.2 Å². The molecule has 0 amide bonds. The topological polar surface area (TPSA) is 83.8 Å². The summed E-state index contributed by atoms with van der Waals surface area (Å²) in [6, 6.07) is 0. The lowest BCUT2D eigenvalue weighted by Gasteiger charge is -2.27. The molecule has 1 aliphatic rings. The number of rotatable bonds is 14. The van der Waals surface area contributed by atoms with Crippen LogP contribution in [-0.4, -0.2) is 40.8 Å². The SMILES string of the molecule is CC1(C)CC[C@](C=CCCCCCCO)(OC(=O)C(=O)CCC=CCCO)C1. The molecule has 28 heavy (non-hydrogen) atoms. The monoisotopic (exact) mass is 394 g/mol. The first-order chi connectivity index (χ1) is 13.3. The zero-order valence-corrected chi connectivity index (χ0v) is 17.6. The molecule has 5 nitrogen and oxygen atoms in total. The van der Waals surface area contributed by atoms with E-state index < -0.39 is 17.4 Å². The molecule has 0 aromatic rings. The van der Waals surface area contributed by atoms with E-state index in [1.54, 1.807) is 0 Å². The van der Waals surface area contributed by atoms with Crippen LogP contribution < -0.4 is 0 Å².